The molecule has 1 atom stereocenters. The molecule has 1 unspecified atom stereocenters. The summed E-state index contributed by atoms with van der Waals surface area (Å²) in [6.07, 6.45) is 7.23. The number of carbonyl (C=O) groups excluding carboxylic acids is 1. The van der Waals surface area contributed by atoms with Crippen molar-refractivity contribution in [2.75, 3.05) is 6.54 Å². The highest BCUT2D eigenvalue weighted by atomic mass is 35.5. The number of hydrogen-bond donors (Lipinski definition) is 2. The molecule has 0 aromatic heterocycles. The summed E-state index contributed by atoms with van der Waals surface area (Å²) in [5.41, 5.74) is 7.85. The SMILES string of the molecule is CCc1ccc(C(=O)NC(CN)C2CCCCC2)cc1.Cl. The Hall–Kier alpha value is -1.06. The largest absolute Gasteiger partial charge is 0.348 e. The highest BCUT2D eigenvalue weighted by Crippen LogP contribution is 2.26. The number of hydrogen-bond acceptors (Lipinski definition) is 2. The summed E-state index contributed by atoms with van der Waals surface area (Å²) in [5, 5.41) is 3.13. The maximum Gasteiger partial charge on any atom is 0.251 e. The van der Waals surface area contributed by atoms with E-state index in [9.17, 15) is 4.79 Å². The first kappa shape index (κ1) is 18.0. The first-order valence-electron chi connectivity index (χ1n) is 7.84. The third kappa shape index (κ3) is 5.01. The quantitative estimate of drug-likeness (QED) is 0.876. The van der Waals surface area contributed by atoms with Crippen LogP contribution in [0.4, 0.5) is 0 Å². The van der Waals surface area contributed by atoms with Crippen molar-refractivity contribution in [2.45, 2.75) is 51.5 Å². The second kappa shape index (κ2) is 9.06. The minimum Gasteiger partial charge on any atom is -0.348 e. The van der Waals surface area contributed by atoms with Crippen LogP contribution in [0.3, 0.4) is 0 Å². The molecule has 0 aliphatic heterocycles. The van der Waals surface area contributed by atoms with E-state index in [4.69, 9.17) is 5.73 Å². The van der Waals surface area contributed by atoms with Gasteiger partial charge in [-0.2, -0.15) is 0 Å². The lowest BCUT2D eigenvalue weighted by Gasteiger charge is -2.30. The summed E-state index contributed by atoms with van der Waals surface area (Å²) in [7, 11) is 0. The van der Waals surface area contributed by atoms with Gasteiger partial charge in [0.25, 0.3) is 5.91 Å². The number of nitrogens with two attached hydrogens (primary N) is 1. The van der Waals surface area contributed by atoms with Crippen molar-refractivity contribution in [3.8, 4) is 0 Å². The normalized spacial score (nSPS) is 16.9. The van der Waals surface area contributed by atoms with Crippen LogP contribution < -0.4 is 11.1 Å². The topological polar surface area (TPSA) is 55.1 Å². The molecule has 4 heteroatoms. The monoisotopic (exact) mass is 310 g/mol. The van der Waals surface area contributed by atoms with E-state index in [0.717, 1.165) is 12.0 Å². The smallest absolute Gasteiger partial charge is 0.251 e. The number of rotatable bonds is 5. The van der Waals surface area contributed by atoms with E-state index in [0.29, 0.717) is 12.5 Å². The van der Waals surface area contributed by atoms with Gasteiger partial charge in [-0.3, -0.25) is 4.79 Å². The highest BCUT2D eigenvalue weighted by molar-refractivity contribution is 5.94. The van der Waals surface area contributed by atoms with Gasteiger partial charge in [0.05, 0.1) is 0 Å². The van der Waals surface area contributed by atoms with E-state index in [1.165, 1.54) is 37.7 Å². The second-order valence-electron chi connectivity index (χ2n) is 5.76. The van der Waals surface area contributed by atoms with Crippen LogP contribution in [0.1, 0.15) is 54.9 Å². The average Bonchev–Trinajstić information content (AvgIpc) is 2.53. The molecule has 1 fully saturated rings. The standard InChI is InChI=1S/C17H26N2O.ClH/c1-2-13-8-10-15(11-9-13)17(20)19-16(12-18)14-6-4-3-5-7-14;/h8-11,14,16H,2-7,12,18H2,1H3,(H,19,20);1H. The lowest BCUT2D eigenvalue weighted by atomic mass is 9.84. The Labute approximate surface area is 134 Å². The molecule has 21 heavy (non-hydrogen) atoms. The number of amides is 1. The van der Waals surface area contributed by atoms with Crippen molar-refractivity contribution in [2.24, 2.45) is 11.7 Å². The van der Waals surface area contributed by atoms with Crippen molar-refractivity contribution in [3.05, 3.63) is 35.4 Å². The zero-order valence-electron chi connectivity index (χ0n) is 12.8. The Kier molecular flexibility index (Phi) is 7.76. The van der Waals surface area contributed by atoms with Gasteiger partial charge in [0, 0.05) is 18.2 Å². The van der Waals surface area contributed by atoms with Gasteiger partial charge in [0.1, 0.15) is 0 Å². The summed E-state index contributed by atoms with van der Waals surface area (Å²) in [6.45, 7) is 2.64. The summed E-state index contributed by atoms with van der Waals surface area (Å²) in [6, 6.07) is 7.97. The van der Waals surface area contributed by atoms with E-state index in [1.807, 2.05) is 24.3 Å². The van der Waals surface area contributed by atoms with Crippen LogP contribution in [0.5, 0.6) is 0 Å². The van der Waals surface area contributed by atoms with Crippen LogP contribution in [0.25, 0.3) is 0 Å². The predicted molar refractivity (Wildman–Crippen MR) is 90.0 cm³/mol. The van der Waals surface area contributed by atoms with Gasteiger partial charge >= 0.3 is 0 Å². The Morgan fingerprint density at radius 3 is 2.38 bits per heavy atom. The molecule has 2 rings (SSSR count). The van der Waals surface area contributed by atoms with Crippen LogP contribution >= 0.6 is 12.4 Å². The average molecular weight is 311 g/mol. The van der Waals surface area contributed by atoms with Gasteiger partial charge in [-0.25, -0.2) is 0 Å². The number of carbonyl (C=O) groups is 1. The lowest BCUT2D eigenvalue weighted by Crippen LogP contribution is -2.45. The Balaban J connectivity index is 0.00000220. The van der Waals surface area contributed by atoms with Gasteiger partial charge in [0.15, 0.2) is 0 Å². The van der Waals surface area contributed by atoms with Gasteiger partial charge in [0.2, 0.25) is 0 Å². The van der Waals surface area contributed by atoms with E-state index < -0.39 is 0 Å². The molecule has 3 nitrogen and oxygen atoms in total. The van der Waals surface area contributed by atoms with Gasteiger partial charge in [-0.15, -0.1) is 12.4 Å². The fourth-order valence-corrected chi connectivity index (χ4v) is 3.05. The van der Waals surface area contributed by atoms with Gasteiger partial charge in [-0.05, 0) is 42.9 Å². The first-order chi connectivity index (χ1) is 9.74. The van der Waals surface area contributed by atoms with Crippen molar-refractivity contribution < 1.29 is 4.79 Å². The van der Waals surface area contributed by atoms with E-state index in [-0.39, 0.29) is 24.4 Å². The Bertz CT molecular complexity index is 427. The number of halogens is 1. The maximum atomic E-state index is 12.3. The minimum absolute atomic E-state index is 0. The van der Waals surface area contributed by atoms with Crippen molar-refractivity contribution in [3.63, 3.8) is 0 Å². The molecule has 0 spiro atoms. The first-order valence-corrected chi connectivity index (χ1v) is 7.84. The van der Waals surface area contributed by atoms with Crippen molar-refractivity contribution >= 4 is 18.3 Å². The summed E-state index contributed by atoms with van der Waals surface area (Å²) in [4.78, 5) is 12.3. The summed E-state index contributed by atoms with van der Waals surface area (Å²) >= 11 is 0. The van der Waals surface area contributed by atoms with Crippen molar-refractivity contribution in [1.82, 2.24) is 5.32 Å². The number of aryl methyl sites for hydroxylation is 1. The third-order valence-electron chi connectivity index (χ3n) is 4.41. The zero-order valence-corrected chi connectivity index (χ0v) is 13.6. The summed E-state index contributed by atoms with van der Waals surface area (Å²) in [5.74, 6) is 0.557. The molecule has 1 saturated carbocycles. The fourth-order valence-electron chi connectivity index (χ4n) is 3.05. The Morgan fingerprint density at radius 2 is 1.86 bits per heavy atom. The molecule has 3 N–H and O–H groups in total. The molecule has 1 aromatic carbocycles. The molecule has 1 aliphatic carbocycles. The van der Waals surface area contributed by atoms with Gasteiger partial charge < -0.3 is 11.1 Å². The number of nitrogens with one attached hydrogen (secondary N) is 1. The van der Waals surface area contributed by atoms with Crippen LogP contribution in [0, 0.1) is 5.92 Å². The molecule has 118 valence electrons. The van der Waals surface area contributed by atoms with E-state index >= 15 is 0 Å². The lowest BCUT2D eigenvalue weighted by molar-refractivity contribution is 0.0915. The Morgan fingerprint density at radius 1 is 1.24 bits per heavy atom. The van der Waals surface area contributed by atoms with Crippen LogP contribution in [-0.4, -0.2) is 18.5 Å². The van der Waals surface area contributed by atoms with Crippen LogP contribution in [-0.2, 0) is 6.42 Å². The highest BCUT2D eigenvalue weighted by Gasteiger charge is 2.24. The second-order valence-corrected chi connectivity index (χ2v) is 5.76. The molecule has 0 saturated heterocycles. The fraction of sp³-hybridized carbons (Fsp3) is 0.588. The number of benzene rings is 1. The van der Waals surface area contributed by atoms with E-state index in [1.54, 1.807) is 0 Å². The van der Waals surface area contributed by atoms with E-state index in [2.05, 4.69) is 12.2 Å². The molecule has 1 aromatic rings. The molecule has 1 aliphatic rings. The molecule has 0 radical (unpaired) electrons. The third-order valence-corrected chi connectivity index (χ3v) is 4.41. The molecule has 0 heterocycles. The van der Waals surface area contributed by atoms with Crippen LogP contribution in [0.15, 0.2) is 24.3 Å². The molecule has 1 amide bonds. The molecule has 0 bridgehead atoms. The van der Waals surface area contributed by atoms with Crippen molar-refractivity contribution in [1.29, 1.82) is 0 Å². The predicted octanol–water partition coefficient (Wildman–Crippen LogP) is 3.31. The molecular formula is C17H27ClN2O. The maximum absolute atomic E-state index is 12.3. The minimum atomic E-state index is 0. The zero-order chi connectivity index (χ0) is 14.4. The van der Waals surface area contributed by atoms with Gasteiger partial charge in [-0.1, -0.05) is 38.3 Å². The molecular weight excluding hydrogens is 284 g/mol. The van der Waals surface area contributed by atoms with Crippen LogP contribution in [0.2, 0.25) is 0 Å². The summed E-state index contributed by atoms with van der Waals surface area (Å²) < 4.78 is 0.